The highest BCUT2D eigenvalue weighted by Gasteiger charge is 2.35. The van der Waals surface area contributed by atoms with Gasteiger partial charge in [-0.2, -0.15) is 5.10 Å². The molecule has 3 aliphatic rings. The van der Waals surface area contributed by atoms with E-state index < -0.39 is 0 Å². The Labute approximate surface area is 266 Å². The van der Waals surface area contributed by atoms with E-state index in [2.05, 4.69) is 76.9 Å². The molecule has 0 saturated carbocycles. The third-order valence-electron chi connectivity index (χ3n) is 9.92. The highest BCUT2D eigenvalue weighted by Crippen LogP contribution is 2.47. The van der Waals surface area contributed by atoms with E-state index in [9.17, 15) is 4.79 Å². The standard InChI is InChI=1S/C36H47N7O2/c1-6-41-15-17-42(18-16-41)13-7-8-14-43-31-12-9-25(24(4)39-45-22-23(2)3)19-27(31)33-28-20-37-36(44)34(28)32-26(35(33)43)10-11-30-29(32)21-40(5)38-30/h9,12,19,21,23,39H,4,6-8,10-11,13-18,20,22H2,1-3,5H3,(H,37,44). The van der Waals surface area contributed by atoms with Crippen molar-refractivity contribution in [2.75, 3.05) is 45.9 Å². The van der Waals surface area contributed by atoms with Crippen LogP contribution in [0.5, 0.6) is 0 Å². The molecule has 45 heavy (non-hydrogen) atoms. The molecule has 238 valence electrons. The average Bonchev–Trinajstić information content (AvgIpc) is 3.71. The second-order valence-electron chi connectivity index (χ2n) is 13.4. The number of hydroxylamine groups is 1. The van der Waals surface area contributed by atoms with Crippen molar-refractivity contribution in [1.82, 2.24) is 34.9 Å². The van der Waals surface area contributed by atoms with E-state index in [0.717, 1.165) is 78.1 Å². The van der Waals surface area contributed by atoms with E-state index in [4.69, 9.17) is 9.94 Å². The molecule has 4 heterocycles. The average molecular weight is 610 g/mol. The summed E-state index contributed by atoms with van der Waals surface area (Å²) in [5.74, 6) is 0.444. The number of benzene rings is 2. The van der Waals surface area contributed by atoms with Gasteiger partial charge in [0.15, 0.2) is 0 Å². The smallest absolute Gasteiger partial charge is 0.252 e. The Kier molecular flexibility index (Phi) is 8.18. The first-order valence-electron chi connectivity index (χ1n) is 16.8. The summed E-state index contributed by atoms with van der Waals surface area (Å²) in [6.45, 7) is 19.9. The topological polar surface area (TPSA) is 79.6 Å². The molecule has 1 fully saturated rings. The van der Waals surface area contributed by atoms with E-state index in [1.165, 1.54) is 60.0 Å². The largest absolute Gasteiger partial charge is 0.348 e. The van der Waals surface area contributed by atoms with Crippen LogP contribution in [-0.2, 0) is 37.8 Å². The zero-order valence-electron chi connectivity index (χ0n) is 27.3. The molecule has 0 atom stereocenters. The monoisotopic (exact) mass is 609 g/mol. The number of carbonyl (C=O) groups excluding carboxylic acids is 1. The van der Waals surface area contributed by atoms with Gasteiger partial charge in [-0.3, -0.25) is 19.8 Å². The zero-order chi connectivity index (χ0) is 31.2. The van der Waals surface area contributed by atoms with Crippen molar-refractivity contribution in [3.05, 3.63) is 58.9 Å². The van der Waals surface area contributed by atoms with Gasteiger partial charge in [0.2, 0.25) is 0 Å². The fraction of sp³-hybridized carbons (Fsp3) is 0.500. The molecule has 9 heteroatoms. The van der Waals surface area contributed by atoms with Crippen molar-refractivity contribution < 1.29 is 9.63 Å². The van der Waals surface area contributed by atoms with Crippen molar-refractivity contribution in [3.63, 3.8) is 0 Å². The van der Waals surface area contributed by atoms with Gasteiger partial charge in [-0.1, -0.05) is 33.4 Å². The molecular formula is C36H47N7O2. The normalized spacial score (nSPS) is 16.8. The molecule has 1 saturated heterocycles. The lowest BCUT2D eigenvalue weighted by Crippen LogP contribution is -2.46. The number of rotatable bonds is 11. The van der Waals surface area contributed by atoms with Crippen LogP contribution < -0.4 is 10.8 Å². The van der Waals surface area contributed by atoms with Crippen LogP contribution in [0.2, 0.25) is 0 Å². The minimum atomic E-state index is 0.0215. The van der Waals surface area contributed by atoms with Crippen LogP contribution in [0, 0.1) is 5.92 Å². The molecule has 0 radical (unpaired) electrons. The third-order valence-corrected chi connectivity index (χ3v) is 9.92. The number of carbonyl (C=O) groups is 1. The summed E-state index contributed by atoms with van der Waals surface area (Å²) < 4.78 is 4.45. The number of aromatic nitrogens is 3. The third kappa shape index (κ3) is 5.45. The van der Waals surface area contributed by atoms with Crippen molar-refractivity contribution in [1.29, 1.82) is 0 Å². The molecule has 2 aliphatic heterocycles. The van der Waals surface area contributed by atoms with Gasteiger partial charge in [0.05, 0.1) is 29.1 Å². The molecule has 1 amide bonds. The quantitative estimate of drug-likeness (QED) is 0.182. The van der Waals surface area contributed by atoms with Crippen molar-refractivity contribution >= 4 is 33.4 Å². The van der Waals surface area contributed by atoms with Gasteiger partial charge in [-0.25, -0.2) is 0 Å². The summed E-state index contributed by atoms with van der Waals surface area (Å²) in [6, 6.07) is 6.63. The molecule has 2 aromatic heterocycles. The first-order valence-corrected chi connectivity index (χ1v) is 16.8. The highest BCUT2D eigenvalue weighted by molar-refractivity contribution is 6.19. The second-order valence-corrected chi connectivity index (χ2v) is 13.4. The Morgan fingerprint density at radius 3 is 2.62 bits per heavy atom. The molecule has 7 rings (SSSR count). The van der Waals surface area contributed by atoms with Gasteiger partial charge in [0.1, 0.15) is 0 Å². The SMILES string of the molecule is C=C(NOCC(C)C)c1ccc2c(c1)c1c3c(c4c(c1n2CCCCN1CCN(CC)CC1)CCc1nn(C)cc1-4)C(=O)NC3. The fourth-order valence-corrected chi connectivity index (χ4v) is 7.62. The maximum absolute atomic E-state index is 13.5. The predicted molar refractivity (Wildman–Crippen MR) is 181 cm³/mol. The molecule has 9 nitrogen and oxygen atoms in total. The molecule has 0 unspecified atom stereocenters. The van der Waals surface area contributed by atoms with Crippen molar-refractivity contribution in [3.8, 4) is 11.1 Å². The first-order chi connectivity index (χ1) is 21.8. The number of piperazine rings is 1. The number of aryl methyl sites for hydroxylation is 4. The number of unbranched alkanes of at least 4 members (excludes halogenated alkanes) is 1. The van der Waals surface area contributed by atoms with Crippen LogP contribution >= 0.6 is 0 Å². The van der Waals surface area contributed by atoms with Crippen LogP contribution in [0.4, 0.5) is 0 Å². The zero-order valence-corrected chi connectivity index (χ0v) is 27.3. The number of amides is 1. The van der Waals surface area contributed by atoms with E-state index in [-0.39, 0.29) is 5.91 Å². The van der Waals surface area contributed by atoms with Crippen LogP contribution in [0.25, 0.3) is 38.6 Å². The summed E-state index contributed by atoms with van der Waals surface area (Å²) in [5.41, 5.74) is 13.8. The number of hydrogen-bond acceptors (Lipinski definition) is 6. The van der Waals surface area contributed by atoms with Gasteiger partial charge in [-0.15, -0.1) is 0 Å². The number of fused-ring (bicyclic) bond motifs is 10. The van der Waals surface area contributed by atoms with Crippen molar-refractivity contribution in [2.45, 2.75) is 59.5 Å². The van der Waals surface area contributed by atoms with Crippen LogP contribution in [0.1, 0.15) is 66.4 Å². The number of likely N-dealkylation sites (N-methyl/N-ethyl adjacent to an activating group) is 1. The molecule has 4 aromatic rings. The molecule has 2 aromatic carbocycles. The Balaban J connectivity index is 1.30. The number of nitrogens with one attached hydrogen (secondary N) is 2. The van der Waals surface area contributed by atoms with Crippen LogP contribution in [0.3, 0.4) is 0 Å². The highest BCUT2D eigenvalue weighted by atomic mass is 16.6. The minimum Gasteiger partial charge on any atom is -0.348 e. The maximum Gasteiger partial charge on any atom is 0.252 e. The molecule has 0 bridgehead atoms. The van der Waals surface area contributed by atoms with Crippen molar-refractivity contribution in [2.24, 2.45) is 13.0 Å². The van der Waals surface area contributed by atoms with E-state index >= 15 is 0 Å². The number of hydrogen-bond donors (Lipinski definition) is 2. The summed E-state index contributed by atoms with van der Waals surface area (Å²) >= 11 is 0. The number of nitrogens with zero attached hydrogens (tertiary/aromatic N) is 5. The summed E-state index contributed by atoms with van der Waals surface area (Å²) in [4.78, 5) is 24.4. The fourth-order valence-electron chi connectivity index (χ4n) is 7.62. The second kappa shape index (κ2) is 12.3. The van der Waals surface area contributed by atoms with Gasteiger partial charge < -0.3 is 19.7 Å². The summed E-state index contributed by atoms with van der Waals surface area (Å²) in [6.07, 6.45) is 6.12. The van der Waals surface area contributed by atoms with Crippen LogP contribution in [0.15, 0.2) is 31.0 Å². The maximum atomic E-state index is 13.5. The first kappa shape index (κ1) is 30.0. The molecule has 2 N–H and O–H groups in total. The lowest BCUT2D eigenvalue weighted by Gasteiger charge is -2.34. The molecule has 0 spiro atoms. The summed E-state index contributed by atoms with van der Waals surface area (Å²) in [7, 11) is 1.98. The summed E-state index contributed by atoms with van der Waals surface area (Å²) in [5, 5.41) is 10.3. The van der Waals surface area contributed by atoms with Gasteiger partial charge in [0.25, 0.3) is 5.91 Å². The van der Waals surface area contributed by atoms with Gasteiger partial charge in [0, 0.05) is 85.5 Å². The Hall–Kier alpha value is -3.66. The van der Waals surface area contributed by atoms with Gasteiger partial charge >= 0.3 is 0 Å². The van der Waals surface area contributed by atoms with Crippen LogP contribution in [-0.4, -0.2) is 75.9 Å². The lowest BCUT2D eigenvalue weighted by atomic mass is 9.82. The minimum absolute atomic E-state index is 0.0215. The van der Waals surface area contributed by atoms with E-state index in [1.807, 2.05) is 11.7 Å². The Morgan fingerprint density at radius 1 is 1.07 bits per heavy atom. The van der Waals surface area contributed by atoms with E-state index in [0.29, 0.717) is 19.1 Å². The molecule has 1 aliphatic carbocycles. The Bertz CT molecular complexity index is 1770. The Morgan fingerprint density at radius 2 is 1.84 bits per heavy atom. The lowest BCUT2D eigenvalue weighted by molar-refractivity contribution is 0.0582. The predicted octanol–water partition coefficient (Wildman–Crippen LogP) is 5.10. The van der Waals surface area contributed by atoms with E-state index in [1.54, 1.807) is 0 Å². The molecular weight excluding hydrogens is 562 g/mol. The van der Waals surface area contributed by atoms with Gasteiger partial charge in [-0.05, 0) is 68.0 Å².